The molecular weight excluding hydrogens is 488 g/mol. The van der Waals surface area contributed by atoms with Gasteiger partial charge in [0.2, 0.25) is 0 Å². The maximum absolute atomic E-state index is 12.3. The Morgan fingerprint density at radius 3 is 1.58 bits per heavy atom. The molecule has 0 aromatic carbocycles. The predicted octanol–water partition coefficient (Wildman–Crippen LogP) is -0.171. The molecule has 14 nitrogen and oxygen atoms in total. The molecule has 1 unspecified atom stereocenters. The Hall–Kier alpha value is -3.26. The molecule has 1 saturated heterocycles. The zero-order valence-corrected chi connectivity index (χ0v) is 21.0. The van der Waals surface area contributed by atoms with Crippen molar-refractivity contribution in [1.29, 1.82) is 0 Å². The second kappa shape index (κ2) is 15.0. The Kier molecular flexibility index (Phi) is 12.8. The van der Waals surface area contributed by atoms with Crippen LogP contribution in [0, 0.1) is 5.92 Å². The summed E-state index contributed by atoms with van der Waals surface area (Å²) in [5.74, 6) is -6.51. The van der Waals surface area contributed by atoms with E-state index in [1.807, 2.05) is 0 Å². The van der Waals surface area contributed by atoms with Gasteiger partial charge in [-0.25, -0.2) is 0 Å². The highest BCUT2D eigenvalue weighted by atomic mass is 16.7. The molecule has 1 rings (SSSR count). The molecule has 0 N–H and O–H groups in total. The van der Waals surface area contributed by atoms with Crippen LogP contribution in [0.25, 0.3) is 0 Å². The summed E-state index contributed by atoms with van der Waals surface area (Å²) in [5.41, 5.74) is 0. The van der Waals surface area contributed by atoms with Gasteiger partial charge >= 0.3 is 35.8 Å². The van der Waals surface area contributed by atoms with Gasteiger partial charge in [0.15, 0.2) is 30.5 Å². The first-order valence-electron chi connectivity index (χ1n) is 11.2. The molecule has 204 valence electrons. The van der Waals surface area contributed by atoms with Crippen molar-refractivity contribution < 1.29 is 66.7 Å². The van der Waals surface area contributed by atoms with Crippen LogP contribution in [0.4, 0.5) is 0 Å². The summed E-state index contributed by atoms with van der Waals surface area (Å²) in [7, 11) is 0. The molecule has 1 aliphatic heterocycles. The molecule has 36 heavy (non-hydrogen) atoms. The highest BCUT2D eigenvalue weighted by Gasteiger charge is 2.53. The summed E-state index contributed by atoms with van der Waals surface area (Å²) < 4.78 is 41.9. The third-order valence-corrected chi connectivity index (χ3v) is 4.52. The van der Waals surface area contributed by atoms with Crippen molar-refractivity contribution in [3.05, 3.63) is 0 Å². The molecule has 0 aliphatic carbocycles. The lowest BCUT2D eigenvalue weighted by Gasteiger charge is -2.44. The molecular formula is C22H32O14. The standard InChI is InChI=1S/C22H32O14/c1-7-29-20(27)15(21(28)30-8-2)9-32-22-19(35-14(6)26)18(34-13(5)25)17(33-12(4)24)16(36-22)10-31-11(3)23/h15-19,22H,7-10H2,1-6H3/t16-,17-,18+,19-,22?/m1/s1. The Bertz CT molecular complexity index is 791. The van der Waals surface area contributed by atoms with E-state index in [1.54, 1.807) is 13.8 Å². The zero-order chi connectivity index (χ0) is 27.4. The van der Waals surface area contributed by atoms with Crippen LogP contribution in [-0.2, 0) is 66.7 Å². The van der Waals surface area contributed by atoms with Crippen molar-refractivity contribution in [3.63, 3.8) is 0 Å². The molecule has 14 heteroatoms. The largest absolute Gasteiger partial charge is 0.465 e. The van der Waals surface area contributed by atoms with E-state index in [9.17, 15) is 28.8 Å². The highest BCUT2D eigenvalue weighted by Crippen LogP contribution is 2.30. The minimum Gasteiger partial charge on any atom is -0.465 e. The maximum Gasteiger partial charge on any atom is 0.322 e. The topological polar surface area (TPSA) is 176 Å². The number of carbonyl (C=O) groups excluding carboxylic acids is 6. The fourth-order valence-corrected chi connectivity index (χ4v) is 3.23. The quantitative estimate of drug-likeness (QED) is 0.188. The van der Waals surface area contributed by atoms with Gasteiger partial charge in [0.05, 0.1) is 19.8 Å². The molecule has 5 atom stereocenters. The van der Waals surface area contributed by atoms with Gasteiger partial charge in [-0.3, -0.25) is 28.8 Å². The normalized spacial score (nSPS) is 23.2. The van der Waals surface area contributed by atoms with Crippen LogP contribution in [0.5, 0.6) is 0 Å². The van der Waals surface area contributed by atoms with Crippen molar-refractivity contribution >= 4 is 35.8 Å². The lowest BCUT2D eigenvalue weighted by atomic mass is 9.98. The van der Waals surface area contributed by atoms with E-state index < -0.39 is 85.7 Å². The van der Waals surface area contributed by atoms with Crippen LogP contribution in [0.15, 0.2) is 0 Å². The molecule has 0 aromatic rings. The van der Waals surface area contributed by atoms with Crippen LogP contribution in [-0.4, -0.2) is 92.9 Å². The Labute approximate surface area is 207 Å². The van der Waals surface area contributed by atoms with E-state index in [1.165, 1.54) is 0 Å². The Morgan fingerprint density at radius 2 is 1.14 bits per heavy atom. The maximum atomic E-state index is 12.3. The van der Waals surface area contributed by atoms with E-state index in [0.29, 0.717) is 0 Å². The van der Waals surface area contributed by atoms with Gasteiger partial charge in [0.1, 0.15) is 12.7 Å². The van der Waals surface area contributed by atoms with Crippen LogP contribution < -0.4 is 0 Å². The van der Waals surface area contributed by atoms with Crippen molar-refractivity contribution in [1.82, 2.24) is 0 Å². The first kappa shape index (κ1) is 30.8. The molecule has 1 fully saturated rings. The first-order chi connectivity index (χ1) is 16.9. The summed E-state index contributed by atoms with van der Waals surface area (Å²) in [4.78, 5) is 71.4. The van der Waals surface area contributed by atoms with E-state index in [2.05, 4.69) is 0 Å². The Balaban J connectivity index is 3.36. The van der Waals surface area contributed by atoms with Crippen LogP contribution in [0.3, 0.4) is 0 Å². The first-order valence-corrected chi connectivity index (χ1v) is 11.2. The number of rotatable bonds is 12. The summed E-state index contributed by atoms with van der Waals surface area (Å²) in [6.45, 7) is 6.30. The smallest absolute Gasteiger partial charge is 0.322 e. The van der Waals surface area contributed by atoms with Gasteiger partial charge in [-0.05, 0) is 13.8 Å². The summed E-state index contributed by atoms with van der Waals surface area (Å²) in [5, 5.41) is 0. The molecule has 0 spiro atoms. The molecule has 0 radical (unpaired) electrons. The van der Waals surface area contributed by atoms with Crippen LogP contribution in [0.1, 0.15) is 41.5 Å². The van der Waals surface area contributed by atoms with Gasteiger partial charge < -0.3 is 37.9 Å². The van der Waals surface area contributed by atoms with E-state index in [-0.39, 0.29) is 13.2 Å². The average Bonchev–Trinajstić information content (AvgIpc) is 2.75. The molecule has 0 saturated carbocycles. The molecule has 0 amide bonds. The zero-order valence-electron chi connectivity index (χ0n) is 21.0. The van der Waals surface area contributed by atoms with Gasteiger partial charge in [-0.15, -0.1) is 0 Å². The summed E-state index contributed by atoms with van der Waals surface area (Å²) >= 11 is 0. The van der Waals surface area contributed by atoms with Crippen LogP contribution in [0.2, 0.25) is 0 Å². The number of hydrogen-bond donors (Lipinski definition) is 0. The lowest BCUT2D eigenvalue weighted by Crippen LogP contribution is -2.63. The Morgan fingerprint density at radius 1 is 0.667 bits per heavy atom. The average molecular weight is 520 g/mol. The van der Waals surface area contributed by atoms with E-state index in [4.69, 9.17) is 37.9 Å². The van der Waals surface area contributed by atoms with E-state index in [0.717, 1.165) is 27.7 Å². The fourth-order valence-electron chi connectivity index (χ4n) is 3.23. The summed E-state index contributed by atoms with van der Waals surface area (Å²) in [6.07, 6.45) is -7.15. The van der Waals surface area contributed by atoms with Crippen molar-refractivity contribution in [2.24, 2.45) is 5.92 Å². The second-order valence-corrected chi connectivity index (χ2v) is 7.46. The minimum atomic E-state index is -1.56. The lowest BCUT2D eigenvalue weighted by molar-refractivity contribution is -0.309. The van der Waals surface area contributed by atoms with Crippen molar-refractivity contribution in [3.8, 4) is 0 Å². The third kappa shape index (κ3) is 9.77. The fraction of sp³-hybridized carbons (Fsp3) is 0.727. The molecule has 1 aliphatic rings. The number of hydrogen-bond acceptors (Lipinski definition) is 14. The molecule has 0 bridgehead atoms. The monoisotopic (exact) mass is 520 g/mol. The molecule has 1 heterocycles. The number of esters is 6. The van der Waals surface area contributed by atoms with Crippen molar-refractivity contribution in [2.75, 3.05) is 26.4 Å². The predicted molar refractivity (Wildman–Crippen MR) is 115 cm³/mol. The van der Waals surface area contributed by atoms with Gasteiger partial charge in [-0.2, -0.15) is 0 Å². The second-order valence-electron chi connectivity index (χ2n) is 7.46. The van der Waals surface area contributed by atoms with Crippen molar-refractivity contribution in [2.45, 2.75) is 72.2 Å². The number of ether oxygens (including phenoxy) is 8. The van der Waals surface area contributed by atoms with Crippen LogP contribution >= 0.6 is 0 Å². The van der Waals surface area contributed by atoms with E-state index >= 15 is 0 Å². The van der Waals surface area contributed by atoms with Gasteiger partial charge in [-0.1, -0.05) is 0 Å². The SMILES string of the molecule is CCOC(=O)C(COC1O[C@H](COC(C)=O)[C@@H](OC(C)=O)[C@H](OC(C)=O)[C@H]1OC(C)=O)C(=O)OCC. The highest BCUT2D eigenvalue weighted by molar-refractivity contribution is 5.95. The minimum absolute atomic E-state index is 0.0200. The third-order valence-electron chi connectivity index (χ3n) is 4.52. The van der Waals surface area contributed by atoms with Gasteiger partial charge in [0.25, 0.3) is 0 Å². The van der Waals surface area contributed by atoms with Gasteiger partial charge in [0, 0.05) is 27.7 Å². The molecule has 0 aromatic heterocycles. The summed E-state index contributed by atoms with van der Waals surface area (Å²) in [6, 6.07) is 0. The number of carbonyl (C=O) groups is 6.